The Morgan fingerprint density at radius 3 is 1.52 bits per heavy atom. The molecule has 0 saturated carbocycles. The van der Waals surface area contributed by atoms with Gasteiger partial charge in [-0.1, -0.05) is 60.7 Å². The average Bonchev–Trinajstić information content (AvgIpc) is 3.93. The molecule has 6 aliphatic rings. The van der Waals surface area contributed by atoms with E-state index in [0.717, 1.165) is 63.0 Å². The van der Waals surface area contributed by atoms with Crippen molar-refractivity contribution in [3.63, 3.8) is 0 Å². The first-order chi connectivity index (χ1) is 30.9. The molecule has 0 radical (unpaired) electrons. The summed E-state index contributed by atoms with van der Waals surface area (Å²) < 4.78 is 56.6. The fourth-order valence-electron chi connectivity index (χ4n) is 9.04. The fraction of sp³-hybridized carbons (Fsp3) is 0.681. The summed E-state index contributed by atoms with van der Waals surface area (Å²) in [6.45, 7) is 18.0. The molecule has 6 heterocycles. The summed E-state index contributed by atoms with van der Waals surface area (Å²) in [7, 11) is 0. The van der Waals surface area contributed by atoms with E-state index in [9.17, 15) is 19.5 Å². The molecule has 2 aromatic rings. The Balaban J connectivity index is 0.000000196. The highest BCUT2D eigenvalue weighted by Gasteiger charge is 2.57. The van der Waals surface area contributed by atoms with Crippen LogP contribution in [0, 0.1) is 0 Å². The lowest BCUT2D eigenvalue weighted by Gasteiger charge is -2.40. The number of hydrogen-bond acceptors (Lipinski definition) is 16. The second-order valence-corrected chi connectivity index (χ2v) is 19.1. The highest BCUT2D eigenvalue weighted by Crippen LogP contribution is 2.40. The van der Waals surface area contributed by atoms with Crippen molar-refractivity contribution in [2.75, 3.05) is 45.9 Å². The zero-order valence-corrected chi connectivity index (χ0v) is 38.7. The molecule has 6 fully saturated rings. The van der Waals surface area contributed by atoms with E-state index in [1.165, 1.54) is 0 Å². The molecule has 8 rings (SSSR count). The van der Waals surface area contributed by atoms with E-state index in [0.29, 0.717) is 13.1 Å². The molecule has 0 spiro atoms. The van der Waals surface area contributed by atoms with Crippen molar-refractivity contribution >= 4 is 18.3 Å². The van der Waals surface area contributed by atoms with E-state index in [1.54, 1.807) is 20.8 Å². The zero-order valence-electron chi connectivity index (χ0n) is 38.7. The van der Waals surface area contributed by atoms with Gasteiger partial charge in [-0.15, -0.1) is 0 Å². The molecule has 0 aliphatic carbocycles. The van der Waals surface area contributed by atoms with Gasteiger partial charge in [0.05, 0.1) is 6.61 Å². The van der Waals surface area contributed by atoms with Crippen molar-refractivity contribution in [2.45, 2.75) is 159 Å². The maximum atomic E-state index is 12.4. The summed E-state index contributed by atoms with van der Waals surface area (Å²) in [5.74, 6) is -1.54. The standard InChI is InChI=1S/C25H36N2O8.C22H32N2O6/c1-5-30-23(29)33-19-18(32-21-20(19)34-24(2,3)35-21)15-27-13-11-25(4,12-14-27)26-22(28)31-16-17-9-7-6-8-10-17;1-21(2)29-18-17(25)16(28-19(18)30-21)13-24-11-9-22(3,10-12-24)23-20(26)27-14-15-7-5-4-6-8-15/h6-10,18-21H,5,11-16H2,1-4H3,(H,26,28);4-8,16-19,25H,9-14H2,1-3H3,(H,23,26)/t18-,19+,20-,21-;16-,17+,18-,19-/m11/s1. The summed E-state index contributed by atoms with van der Waals surface area (Å²) in [4.78, 5) is 41.1. The number of fused-ring (bicyclic) bond motifs is 2. The Bertz CT molecular complexity index is 1870. The second-order valence-electron chi connectivity index (χ2n) is 19.1. The lowest BCUT2D eigenvalue weighted by molar-refractivity contribution is -0.217. The van der Waals surface area contributed by atoms with Crippen molar-refractivity contribution in [3.8, 4) is 0 Å². The van der Waals surface area contributed by atoms with Crippen molar-refractivity contribution in [1.29, 1.82) is 0 Å². The number of aliphatic hydroxyl groups excluding tert-OH is 1. The van der Waals surface area contributed by atoms with Crippen LogP contribution in [0.4, 0.5) is 14.4 Å². The second kappa shape index (κ2) is 20.8. The van der Waals surface area contributed by atoms with E-state index in [1.807, 2.05) is 88.4 Å². The fourth-order valence-corrected chi connectivity index (χ4v) is 9.04. The SMILES string of the molecule is CC1(NC(=O)OCc2ccccc2)CCN(C[C@H]2O[C@@H]3OC(C)(C)O[C@@H]3[C@H]2O)CC1.CCOC(=O)O[C@@H]1[C@H]2OC(C)(C)O[C@H]2O[C@@H]1CN1CCC(C)(NC(=O)OCc2ccccc2)CC1. The van der Waals surface area contributed by atoms with E-state index >= 15 is 0 Å². The van der Waals surface area contributed by atoms with Crippen LogP contribution in [0.3, 0.4) is 0 Å². The number of likely N-dealkylation sites (tertiary alicyclic amines) is 2. The van der Waals surface area contributed by atoms with Crippen LogP contribution >= 0.6 is 0 Å². The van der Waals surface area contributed by atoms with Gasteiger partial charge in [-0.05, 0) is 85.3 Å². The van der Waals surface area contributed by atoms with Gasteiger partial charge in [0.2, 0.25) is 0 Å². The Hall–Kier alpha value is -4.11. The van der Waals surface area contributed by atoms with Gasteiger partial charge in [0.15, 0.2) is 36.4 Å². The first-order valence-corrected chi connectivity index (χ1v) is 22.9. The molecule has 2 aromatic carbocycles. The number of carbonyl (C=O) groups is 3. The van der Waals surface area contributed by atoms with Crippen LogP contribution in [0.25, 0.3) is 0 Å². The molecule has 18 nitrogen and oxygen atoms in total. The lowest BCUT2D eigenvalue weighted by atomic mass is 9.89. The summed E-state index contributed by atoms with van der Waals surface area (Å²) in [5.41, 5.74) is 1.23. The topological polar surface area (TPSA) is 194 Å². The number of piperidine rings is 2. The molecule has 2 amide bonds. The minimum absolute atomic E-state index is 0.222. The van der Waals surface area contributed by atoms with Gasteiger partial charge in [-0.2, -0.15) is 0 Å². The Kier molecular flexibility index (Phi) is 15.6. The first-order valence-electron chi connectivity index (χ1n) is 22.9. The smallest absolute Gasteiger partial charge is 0.445 e. The zero-order chi connectivity index (χ0) is 46.4. The largest absolute Gasteiger partial charge is 0.508 e. The van der Waals surface area contributed by atoms with Crippen molar-refractivity contribution in [2.24, 2.45) is 0 Å². The number of carbonyl (C=O) groups excluding carboxylic acids is 3. The van der Waals surface area contributed by atoms with Crippen LogP contribution in [0.15, 0.2) is 60.7 Å². The summed E-state index contributed by atoms with van der Waals surface area (Å²) in [5, 5.41) is 16.6. The summed E-state index contributed by atoms with van der Waals surface area (Å²) >= 11 is 0. The molecule has 0 bridgehead atoms. The van der Waals surface area contributed by atoms with E-state index in [4.69, 9.17) is 47.4 Å². The number of nitrogens with one attached hydrogen (secondary N) is 2. The molecule has 360 valence electrons. The monoisotopic (exact) mass is 912 g/mol. The number of nitrogens with zero attached hydrogens (tertiary/aromatic N) is 2. The van der Waals surface area contributed by atoms with Crippen LogP contribution in [0.1, 0.15) is 85.3 Å². The van der Waals surface area contributed by atoms with Crippen LogP contribution in [0.2, 0.25) is 0 Å². The van der Waals surface area contributed by atoms with Crippen molar-refractivity contribution < 1.29 is 66.9 Å². The third-order valence-electron chi connectivity index (χ3n) is 12.7. The molecule has 65 heavy (non-hydrogen) atoms. The number of amides is 2. The molecule has 0 aromatic heterocycles. The summed E-state index contributed by atoms with van der Waals surface area (Å²) in [6.07, 6.45) is -2.67. The van der Waals surface area contributed by atoms with Crippen LogP contribution < -0.4 is 10.6 Å². The predicted octanol–water partition coefficient (Wildman–Crippen LogP) is 5.19. The average molecular weight is 913 g/mol. The number of hydrogen-bond donors (Lipinski definition) is 3. The predicted molar refractivity (Wildman–Crippen MR) is 233 cm³/mol. The van der Waals surface area contributed by atoms with E-state index in [2.05, 4.69) is 20.4 Å². The third kappa shape index (κ3) is 13.3. The number of benzene rings is 2. The van der Waals surface area contributed by atoms with Gasteiger partial charge in [-0.3, -0.25) is 0 Å². The number of rotatable bonds is 12. The molecular formula is C47H68N4O14. The highest BCUT2D eigenvalue weighted by atomic mass is 16.9. The highest BCUT2D eigenvalue weighted by molar-refractivity contribution is 5.68. The summed E-state index contributed by atoms with van der Waals surface area (Å²) in [6, 6.07) is 19.2. The molecule has 3 N–H and O–H groups in total. The normalized spacial score (nSPS) is 30.8. The van der Waals surface area contributed by atoms with Crippen LogP contribution in [-0.4, -0.2) is 151 Å². The number of aliphatic hydroxyl groups is 1. The Morgan fingerprint density at radius 2 is 1.06 bits per heavy atom. The molecular weight excluding hydrogens is 845 g/mol. The van der Waals surface area contributed by atoms with Crippen molar-refractivity contribution in [3.05, 3.63) is 71.8 Å². The van der Waals surface area contributed by atoms with Gasteiger partial charge in [0.1, 0.15) is 37.6 Å². The van der Waals surface area contributed by atoms with E-state index < -0.39 is 73.0 Å². The number of ether oxygens (including phenoxy) is 10. The molecule has 6 aliphatic heterocycles. The molecule has 6 saturated heterocycles. The maximum Gasteiger partial charge on any atom is 0.508 e. The Morgan fingerprint density at radius 1 is 0.631 bits per heavy atom. The quantitative estimate of drug-likeness (QED) is 0.186. The third-order valence-corrected chi connectivity index (χ3v) is 12.7. The van der Waals surface area contributed by atoms with E-state index in [-0.39, 0.29) is 37.0 Å². The van der Waals surface area contributed by atoms with Gasteiger partial charge >= 0.3 is 18.3 Å². The Labute approximate surface area is 381 Å². The van der Waals surface area contributed by atoms with Crippen molar-refractivity contribution in [1.82, 2.24) is 20.4 Å². The van der Waals surface area contributed by atoms with Gasteiger partial charge in [-0.25, -0.2) is 14.4 Å². The molecule has 18 heteroatoms. The minimum atomic E-state index is -0.815. The first kappa shape index (κ1) is 48.8. The minimum Gasteiger partial charge on any atom is -0.445 e. The maximum absolute atomic E-state index is 12.4. The van der Waals surface area contributed by atoms with Gasteiger partial charge in [0, 0.05) is 50.3 Å². The molecule has 8 atom stereocenters. The number of alkyl carbamates (subject to hydrolysis) is 2. The van der Waals surface area contributed by atoms with Crippen LogP contribution in [0.5, 0.6) is 0 Å². The molecule has 0 unspecified atom stereocenters. The van der Waals surface area contributed by atoms with Gasteiger partial charge in [0.25, 0.3) is 0 Å². The van der Waals surface area contributed by atoms with Gasteiger partial charge < -0.3 is 72.9 Å². The lowest BCUT2D eigenvalue weighted by Crippen LogP contribution is -2.55. The van der Waals surface area contributed by atoms with Crippen LogP contribution in [-0.2, 0) is 60.6 Å².